The zero-order valence-electron chi connectivity index (χ0n) is 14.7. The molecule has 0 saturated carbocycles. The van der Waals surface area contributed by atoms with Crippen molar-refractivity contribution in [2.75, 3.05) is 39.0 Å². The van der Waals surface area contributed by atoms with Gasteiger partial charge in [-0.25, -0.2) is 8.42 Å². The molecule has 0 bridgehead atoms. The Balaban J connectivity index is 3.11. The molecule has 0 atom stereocenters. The summed E-state index contributed by atoms with van der Waals surface area (Å²) in [5.74, 6) is -0.433. The fourth-order valence-corrected chi connectivity index (χ4v) is 3.32. The number of nitrogens with one attached hydrogen (secondary N) is 1. The van der Waals surface area contributed by atoms with E-state index in [0.717, 1.165) is 10.4 Å². The maximum Gasteiger partial charge on any atom is 0.293 e. The fourth-order valence-electron chi connectivity index (χ4n) is 2.18. The molecule has 9 nitrogen and oxygen atoms in total. The van der Waals surface area contributed by atoms with E-state index < -0.39 is 27.4 Å². The SMILES string of the molecule is C=CCN(CC=C)C(=O)CN(C)S(=O)(=O)c1ccc(NC)c([N+](=O)[O-])c1. The molecule has 0 spiro atoms. The highest BCUT2D eigenvalue weighted by Gasteiger charge is 2.27. The number of nitrogens with zero attached hydrogens (tertiary/aromatic N) is 3. The van der Waals surface area contributed by atoms with E-state index in [9.17, 15) is 23.3 Å². The average Bonchev–Trinajstić information content (AvgIpc) is 2.60. The van der Waals surface area contributed by atoms with Gasteiger partial charge in [0.05, 0.1) is 16.4 Å². The lowest BCUT2D eigenvalue weighted by molar-refractivity contribution is -0.384. The molecule has 0 radical (unpaired) electrons. The first-order valence-electron chi connectivity index (χ1n) is 7.61. The van der Waals surface area contributed by atoms with Gasteiger partial charge >= 0.3 is 0 Å². The number of hydrogen-bond acceptors (Lipinski definition) is 6. The molecule has 0 aliphatic carbocycles. The summed E-state index contributed by atoms with van der Waals surface area (Å²) in [4.78, 5) is 23.9. The summed E-state index contributed by atoms with van der Waals surface area (Å²) >= 11 is 0. The van der Waals surface area contributed by atoms with Crippen LogP contribution in [-0.2, 0) is 14.8 Å². The van der Waals surface area contributed by atoms with Crippen molar-refractivity contribution in [1.82, 2.24) is 9.21 Å². The van der Waals surface area contributed by atoms with Gasteiger partial charge in [0, 0.05) is 33.3 Å². The Bertz CT molecular complexity index is 797. The van der Waals surface area contributed by atoms with Gasteiger partial charge in [-0.1, -0.05) is 12.2 Å². The molecule has 0 heterocycles. The van der Waals surface area contributed by atoms with Gasteiger partial charge in [-0.05, 0) is 12.1 Å². The lowest BCUT2D eigenvalue weighted by Gasteiger charge is -2.23. The lowest BCUT2D eigenvalue weighted by Crippen LogP contribution is -2.41. The van der Waals surface area contributed by atoms with Crippen molar-refractivity contribution in [1.29, 1.82) is 0 Å². The number of nitro benzene ring substituents is 1. The number of likely N-dealkylation sites (N-methyl/N-ethyl adjacent to an activating group) is 1. The van der Waals surface area contributed by atoms with Crippen LogP contribution in [0.4, 0.5) is 11.4 Å². The molecule has 0 unspecified atom stereocenters. The second-order valence-corrected chi connectivity index (χ2v) is 7.37. The predicted octanol–water partition coefficient (Wildman–Crippen LogP) is 1.46. The van der Waals surface area contributed by atoms with Crippen LogP contribution in [0.2, 0.25) is 0 Å². The summed E-state index contributed by atoms with van der Waals surface area (Å²) in [6, 6.07) is 3.52. The second-order valence-electron chi connectivity index (χ2n) is 5.32. The monoisotopic (exact) mass is 382 g/mol. The Morgan fingerprint density at radius 3 is 2.35 bits per heavy atom. The molecule has 1 N–H and O–H groups in total. The summed E-state index contributed by atoms with van der Waals surface area (Å²) < 4.78 is 26.2. The van der Waals surface area contributed by atoms with E-state index in [1.165, 1.54) is 43.3 Å². The first-order chi connectivity index (χ1) is 12.2. The van der Waals surface area contributed by atoms with E-state index in [2.05, 4.69) is 18.5 Å². The van der Waals surface area contributed by atoms with Gasteiger partial charge in [-0.3, -0.25) is 14.9 Å². The van der Waals surface area contributed by atoms with Gasteiger partial charge in [-0.2, -0.15) is 4.31 Å². The van der Waals surface area contributed by atoms with Crippen LogP contribution < -0.4 is 5.32 Å². The quantitative estimate of drug-likeness (QED) is 0.372. The third kappa shape index (κ3) is 4.90. The predicted molar refractivity (Wildman–Crippen MR) is 99.4 cm³/mol. The molecule has 10 heteroatoms. The van der Waals surface area contributed by atoms with Gasteiger partial charge in [0.1, 0.15) is 5.69 Å². The van der Waals surface area contributed by atoms with Gasteiger partial charge < -0.3 is 10.2 Å². The number of carbonyl (C=O) groups excluding carboxylic acids is 1. The molecule has 1 aromatic carbocycles. The lowest BCUT2D eigenvalue weighted by atomic mass is 10.3. The normalized spacial score (nSPS) is 11.0. The van der Waals surface area contributed by atoms with Crippen LogP contribution >= 0.6 is 0 Å². The van der Waals surface area contributed by atoms with E-state index in [1.54, 1.807) is 0 Å². The van der Waals surface area contributed by atoms with E-state index in [0.29, 0.717) is 0 Å². The fraction of sp³-hybridized carbons (Fsp3) is 0.312. The standard InChI is InChI=1S/C16H22N4O5S/c1-5-9-19(10-6-2)16(21)12-18(4)26(24,25)13-7-8-14(17-3)15(11-13)20(22)23/h5-8,11,17H,1-2,9-10,12H2,3-4H3. The maximum absolute atomic E-state index is 12.7. The highest BCUT2D eigenvalue weighted by molar-refractivity contribution is 7.89. The topological polar surface area (TPSA) is 113 Å². The Kier molecular flexibility index (Phi) is 7.47. The average molecular weight is 382 g/mol. The Hall–Kier alpha value is -2.72. The van der Waals surface area contributed by atoms with Gasteiger partial charge in [0.15, 0.2) is 0 Å². The molecule has 0 fully saturated rings. The maximum atomic E-state index is 12.7. The van der Waals surface area contributed by atoms with Gasteiger partial charge in [-0.15, -0.1) is 13.2 Å². The Morgan fingerprint density at radius 1 is 1.31 bits per heavy atom. The molecule has 1 rings (SSSR count). The number of benzene rings is 1. The summed E-state index contributed by atoms with van der Waals surface area (Å²) in [6.45, 7) is 7.20. The molecule has 0 aliphatic heterocycles. The van der Waals surface area contributed by atoms with E-state index >= 15 is 0 Å². The van der Waals surface area contributed by atoms with Crippen LogP contribution in [0.5, 0.6) is 0 Å². The van der Waals surface area contributed by atoms with Crippen molar-refractivity contribution in [2.24, 2.45) is 0 Å². The molecule has 1 amide bonds. The number of nitro groups is 1. The number of rotatable bonds is 10. The molecule has 0 aliphatic rings. The van der Waals surface area contributed by atoms with Crippen LogP contribution in [0.25, 0.3) is 0 Å². The van der Waals surface area contributed by atoms with Crippen molar-refractivity contribution in [3.63, 3.8) is 0 Å². The van der Waals surface area contributed by atoms with Gasteiger partial charge in [0.2, 0.25) is 15.9 Å². The first-order valence-corrected chi connectivity index (χ1v) is 9.05. The minimum absolute atomic E-state index is 0.191. The van der Waals surface area contributed by atoms with Crippen LogP contribution in [0.15, 0.2) is 48.4 Å². The zero-order chi connectivity index (χ0) is 19.9. The number of sulfonamides is 1. The summed E-state index contributed by atoms with van der Waals surface area (Å²) in [7, 11) is -1.34. The van der Waals surface area contributed by atoms with E-state index in [4.69, 9.17) is 0 Å². The smallest absolute Gasteiger partial charge is 0.293 e. The third-order valence-electron chi connectivity index (χ3n) is 3.55. The Morgan fingerprint density at radius 2 is 1.88 bits per heavy atom. The first kappa shape index (κ1) is 21.3. The molecule has 26 heavy (non-hydrogen) atoms. The van der Waals surface area contributed by atoms with Crippen LogP contribution in [-0.4, -0.2) is 62.2 Å². The molecular weight excluding hydrogens is 360 g/mol. The minimum Gasteiger partial charge on any atom is -0.383 e. The van der Waals surface area contributed by atoms with Crippen molar-refractivity contribution in [3.8, 4) is 0 Å². The van der Waals surface area contributed by atoms with Crippen LogP contribution in [0, 0.1) is 10.1 Å². The minimum atomic E-state index is -4.08. The van der Waals surface area contributed by atoms with Crippen molar-refractivity contribution in [3.05, 3.63) is 53.6 Å². The van der Waals surface area contributed by atoms with E-state index in [-0.39, 0.29) is 29.4 Å². The molecule has 0 aromatic heterocycles. The zero-order valence-corrected chi connectivity index (χ0v) is 15.5. The second kappa shape index (κ2) is 9.11. The number of hydrogen-bond donors (Lipinski definition) is 1. The molecule has 1 aromatic rings. The number of amides is 1. The van der Waals surface area contributed by atoms with Crippen molar-refractivity contribution >= 4 is 27.3 Å². The van der Waals surface area contributed by atoms with E-state index in [1.807, 2.05) is 0 Å². The van der Waals surface area contributed by atoms with Crippen molar-refractivity contribution in [2.45, 2.75) is 4.90 Å². The molecular formula is C16H22N4O5S. The van der Waals surface area contributed by atoms with Gasteiger partial charge in [0.25, 0.3) is 5.69 Å². The summed E-state index contributed by atoms with van der Waals surface area (Å²) in [5, 5.41) is 13.7. The number of carbonyl (C=O) groups is 1. The molecule has 0 saturated heterocycles. The summed E-state index contributed by atoms with van der Waals surface area (Å²) in [6.07, 6.45) is 3.05. The third-order valence-corrected chi connectivity index (χ3v) is 5.35. The largest absolute Gasteiger partial charge is 0.383 e. The van der Waals surface area contributed by atoms with Crippen LogP contribution in [0.1, 0.15) is 0 Å². The summed E-state index contributed by atoms with van der Waals surface area (Å²) in [5.41, 5.74) is -0.177. The number of anilines is 1. The molecule has 142 valence electrons. The highest BCUT2D eigenvalue weighted by Crippen LogP contribution is 2.28. The van der Waals surface area contributed by atoms with Crippen LogP contribution in [0.3, 0.4) is 0 Å². The Labute approximate surface area is 152 Å². The highest BCUT2D eigenvalue weighted by atomic mass is 32.2. The van der Waals surface area contributed by atoms with Crippen molar-refractivity contribution < 1.29 is 18.1 Å².